The van der Waals surface area contributed by atoms with Gasteiger partial charge in [-0.1, -0.05) is 18.2 Å². The van der Waals surface area contributed by atoms with Crippen LogP contribution >= 0.6 is 11.3 Å². The second kappa shape index (κ2) is 7.02. The lowest BCUT2D eigenvalue weighted by Gasteiger charge is -2.03. The van der Waals surface area contributed by atoms with E-state index in [1.165, 1.54) is 6.08 Å². The number of para-hydroxylation sites is 1. The third kappa shape index (κ3) is 3.92. The molecule has 0 aliphatic heterocycles. The zero-order valence-electron chi connectivity index (χ0n) is 12.5. The maximum Gasteiger partial charge on any atom is 0.244 e. The second-order valence-corrected chi connectivity index (χ2v) is 5.84. The van der Waals surface area contributed by atoms with Crippen molar-refractivity contribution in [2.45, 2.75) is 6.54 Å². The Morgan fingerprint density at radius 1 is 1.30 bits per heavy atom. The van der Waals surface area contributed by atoms with Gasteiger partial charge in [-0.3, -0.25) is 4.79 Å². The Kier molecular flexibility index (Phi) is 4.63. The zero-order chi connectivity index (χ0) is 16.1. The number of ether oxygens (including phenoxy) is 1. The summed E-state index contributed by atoms with van der Waals surface area (Å²) in [5.41, 5.74) is 1.86. The normalized spacial score (nSPS) is 11.0. The van der Waals surface area contributed by atoms with E-state index >= 15 is 0 Å². The highest BCUT2D eigenvalue weighted by molar-refractivity contribution is 7.19. The van der Waals surface area contributed by atoms with Crippen molar-refractivity contribution in [2.24, 2.45) is 0 Å². The number of rotatable bonds is 5. The number of hydrogen-bond donors (Lipinski definition) is 1. The van der Waals surface area contributed by atoms with E-state index in [0.29, 0.717) is 12.4 Å². The number of aromatic nitrogens is 2. The van der Waals surface area contributed by atoms with Crippen LogP contribution in [0.3, 0.4) is 0 Å². The summed E-state index contributed by atoms with van der Waals surface area (Å²) in [5, 5.41) is 3.62. The first kappa shape index (κ1) is 15.2. The molecular weight excluding hydrogens is 310 g/mol. The van der Waals surface area contributed by atoms with E-state index in [4.69, 9.17) is 4.74 Å². The summed E-state index contributed by atoms with van der Waals surface area (Å²) >= 11 is 1.56. The number of nitrogens with zero attached hydrogens (tertiary/aromatic N) is 2. The molecule has 0 fully saturated rings. The number of carbonyl (C=O) groups is 1. The Morgan fingerprint density at radius 3 is 2.91 bits per heavy atom. The lowest BCUT2D eigenvalue weighted by atomic mass is 10.3. The van der Waals surface area contributed by atoms with E-state index in [1.807, 2.05) is 30.3 Å². The largest absolute Gasteiger partial charge is 0.481 e. The monoisotopic (exact) mass is 325 g/mol. The minimum absolute atomic E-state index is 0.167. The Morgan fingerprint density at radius 2 is 2.17 bits per heavy atom. The summed E-state index contributed by atoms with van der Waals surface area (Å²) in [6, 6.07) is 11.5. The van der Waals surface area contributed by atoms with Crippen LogP contribution in [0.1, 0.15) is 10.6 Å². The van der Waals surface area contributed by atoms with Crippen molar-refractivity contribution < 1.29 is 9.53 Å². The van der Waals surface area contributed by atoms with Crippen LogP contribution < -0.4 is 10.1 Å². The van der Waals surface area contributed by atoms with Crippen molar-refractivity contribution in [3.05, 3.63) is 59.2 Å². The van der Waals surface area contributed by atoms with E-state index < -0.39 is 0 Å². The van der Waals surface area contributed by atoms with Crippen molar-refractivity contribution in [3.63, 3.8) is 0 Å². The summed E-state index contributed by atoms with van der Waals surface area (Å²) < 4.78 is 6.10. The Hall–Kier alpha value is -2.73. The summed E-state index contributed by atoms with van der Waals surface area (Å²) in [6.07, 6.45) is 4.90. The Labute approximate surface area is 137 Å². The summed E-state index contributed by atoms with van der Waals surface area (Å²) in [6.45, 7) is 0.417. The molecule has 1 N–H and O–H groups in total. The van der Waals surface area contributed by atoms with Crippen molar-refractivity contribution in [1.29, 1.82) is 0 Å². The van der Waals surface area contributed by atoms with E-state index in [0.717, 1.165) is 20.8 Å². The zero-order valence-corrected chi connectivity index (χ0v) is 13.3. The number of methoxy groups -OCH3 is 1. The Bertz CT molecular complexity index is 807. The number of pyridine rings is 1. The number of nitrogens with one attached hydrogen (secondary N) is 1. The summed E-state index contributed by atoms with van der Waals surface area (Å²) in [5.74, 6) is 0.385. The average Bonchev–Trinajstić information content (AvgIpc) is 3.01. The first-order chi connectivity index (χ1) is 11.2. The molecule has 0 saturated carbocycles. The van der Waals surface area contributed by atoms with Crippen LogP contribution in [0.2, 0.25) is 0 Å². The molecule has 0 unspecified atom stereocenters. The van der Waals surface area contributed by atoms with E-state index in [2.05, 4.69) is 15.3 Å². The molecule has 6 heteroatoms. The second-order valence-electron chi connectivity index (χ2n) is 4.78. The van der Waals surface area contributed by atoms with Gasteiger partial charge in [0.15, 0.2) is 0 Å². The van der Waals surface area contributed by atoms with Gasteiger partial charge in [-0.15, -0.1) is 11.3 Å². The van der Waals surface area contributed by atoms with Gasteiger partial charge in [0.25, 0.3) is 0 Å². The molecule has 3 aromatic rings. The number of fused-ring (bicyclic) bond motifs is 1. The molecule has 3 rings (SSSR count). The number of thiazole rings is 1. The predicted octanol–water partition coefficient (Wildman–Crippen LogP) is 3.03. The predicted molar refractivity (Wildman–Crippen MR) is 91.3 cm³/mol. The quantitative estimate of drug-likeness (QED) is 0.732. The highest BCUT2D eigenvalue weighted by Gasteiger charge is 2.02. The number of amides is 1. The van der Waals surface area contributed by atoms with Crippen LogP contribution in [-0.4, -0.2) is 23.0 Å². The highest BCUT2D eigenvalue weighted by atomic mass is 32.1. The van der Waals surface area contributed by atoms with Gasteiger partial charge in [0.1, 0.15) is 5.01 Å². The maximum absolute atomic E-state index is 11.9. The molecular formula is C17H15N3O2S. The fourth-order valence-electron chi connectivity index (χ4n) is 1.99. The minimum atomic E-state index is -0.167. The fourth-order valence-corrected chi connectivity index (χ4v) is 2.86. The summed E-state index contributed by atoms with van der Waals surface area (Å²) in [4.78, 5) is 20.4. The number of benzene rings is 1. The molecule has 0 radical (unpaired) electrons. The molecule has 0 spiro atoms. The van der Waals surface area contributed by atoms with Gasteiger partial charge in [-0.05, 0) is 23.8 Å². The first-order valence-corrected chi connectivity index (χ1v) is 7.86. The minimum Gasteiger partial charge on any atom is -0.481 e. The van der Waals surface area contributed by atoms with Gasteiger partial charge in [-0.25, -0.2) is 9.97 Å². The lowest BCUT2D eigenvalue weighted by Crippen LogP contribution is -2.20. The van der Waals surface area contributed by atoms with Crippen LogP contribution in [-0.2, 0) is 11.3 Å². The molecule has 5 nitrogen and oxygen atoms in total. The average molecular weight is 325 g/mol. The van der Waals surface area contributed by atoms with Crippen LogP contribution in [0.15, 0.2) is 48.7 Å². The fraction of sp³-hybridized carbons (Fsp3) is 0.118. The smallest absolute Gasteiger partial charge is 0.244 e. The van der Waals surface area contributed by atoms with Gasteiger partial charge in [0.2, 0.25) is 11.8 Å². The Balaban J connectivity index is 1.57. The highest BCUT2D eigenvalue weighted by Crippen LogP contribution is 2.22. The molecule has 0 atom stereocenters. The van der Waals surface area contributed by atoms with Crippen molar-refractivity contribution in [3.8, 4) is 5.88 Å². The van der Waals surface area contributed by atoms with Crippen LogP contribution in [0, 0.1) is 0 Å². The number of hydrogen-bond acceptors (Lipinski definition) is 5. The van der Waals surface area contributed by atoms with E-state index in [1.54, 1.807) is 36.8 Å². The molecule has 0 saturated heterocycles. The van der Waals surface area contributed by atoms with Gasteiger partial charge >= 0.3 is 0 Å². The van der Waals surface area contributed by atoms with Crippen LogP contribution in [0.4, 0.5) is 0 Å². The molecule has 0 aliphatic rings. The van der Waals surface area contributed by atoms with Gasteiger partial charge < -0.3 is 10.1 Å². The van der Waals surface area contributed by atoms with Crippen molar-refractivity contribution >= 4 is 33.5 Å². The van der Waals surface area contributed by atoms with Crippen LogP contribution in [0.25, 0.3) is 16.3 Å². The first-order valence-electron chi connectivity index (χ1n) is 7.05. The molecule has 1 amide bonds. The third-order valence-corrected chi connectivity index (χ3v) is 4.16. The standard InChI is InChI=1S/C17H15N3O2S/c1-22-16-8-6-12(11-19-16)10-18-15(21)7-9-17-20-13-4-2-3-5-14(13)23-17/h2-9,11H,10H2,1H3,(H,18,21)/b9-7+. The SMILES string of the molecule is COc1ccc(CNC(=O)/C=C/c2nc3ccccc3s2)cn1. The van der Waals surface area contributed by atoms with Gasteiger partial charge in [0.05, 0.1) is 17.3 Å². The third-order valence-electron chi connectivity index (χ3n) is 3.16. The lowest BCUT2D eigenvalue weighted by molar-refractivity contribution is -0.116. The molecule has 23 heavy (non-hydrogen) atoms. The van der Waals surface area contributed by atoms with Gasteiger partial charge in [-0.2, -0.15) is 0 Å². The molecule has 1 aromatic carbocycles. The molecule has 0 bridgehead atoms. The van der Waals surface area contributed by atoms with Gasteiger partial charge in [0, 0.05) is 24.9 Å². The molecule has 0 aliphatic carbocycles. The molecule has 116 valence electrons. The van der Waals surface area contributed by atoms with E-state index in [9.17, 15) is 4.79 Å². The number of carbonyl (C=O) groups excluding carboxylic acids is 1. The van der Waals surface area contributed by atoms with Crippen molar-refractivity contribution in [2.75, 3.05) is 7.11 Å². The molecule has 2 aromatic heterocycles. The molecule has 2 heterocycles. The maximum atomic E-state index is 11.9. The van der Waals surface area contributed by atoms with E-state index in [-0.39, 0.29) is 5.91 Å². The van der Waals surface area contributed by atoms with Crippen LogP contribution in [0.5, 0.6) is 5.88 Å². The van der Waals surface area contributed by atoms with Crippen molar-refractivity contribution in [1.82, 2.24) is 15.3 Å². The summed E-state index contributed by atoms with van der Waals surface area (Å²) in [7, 11) is 1.57. The topological polar surface area (TPSA) is 64.1 Å².